The number of carbonyl (C=O) groups excluding carboxylic acids is 1. The van der Waals surface area contributed by atoms with Crippen LogP contribution < -0.4 is 5.32 Å². The molecule has 0 aliphatic carbocycles. The summed E-state index contributed by atoms with van der Waals surface area (Å²) in [6, 6.07) is -0.922. The highest BCUT2D eigenvalue weighted by molar-refractivity contribution is 5.83. The predicted octanol–water partition coefficient (Wildman–Crippen LogP) is 1.61. The molecule has 3 atom stereocenters. The Morgan fingerprint density at radius 3 is 2.52 bits per heavy atom. The van der Waals surface area contributed by atoms with Gasteiger partial charge in [0.05, 0.1) is 0 Å². The van der Waals surface area contributed by atoms with E-state index >= 15 is 0 Å². The van der Waals surface area contributed by atoms with Crippen molar-refractivity contribution in [3.63, 3.8) is 0 Å². The largest absolute Gasteiger partial charge is 0.480 e. The third-order valence-electron chi connectivity index (χ3n) is 4.39. The van der Waals surface area contributed by atoms with E-state index in [0.717, 1.165) is 32.4 Å². The molecule has 0 bridgehead atoms. The molecule has 1 unspecified atom stereocenters. The van der Waals surface area contributed by atoms with Crippen molar-refractivity contribution in [2.75, 3.05) is 26.7 Å². The van der Waals surface area contributed by atoms with E-state index in [2.05, 4.69) is 24.2 Å². The number of carbonyl (C=O) groups is 2. The molecule has 1 fully saturated rings. The summed E-state index contributed by atoms with van der Waals surface area (Å²) in [5.41, 5.74) is 0. The quantitative estimate of drug-likeness (QED) is 0.809. The van der Waals surface area contributed by atoms with Crippen LogP contribution in [0.5, 0.6) is 0 Å². The first kappa shape index (κ1) is 17.8. The van der Waals surface area contributed by atoms with Crippen LogP contribution in [0.2, 0.25) is 0 Å². The molecular weight excluding hydrogens is 270 g/mol. The van der Waals surface area contributed by atoms with E-state index in [4.69, 9.17) is 0 Å². The van der Waals surface area contributed by atoms with Crippen LogP contribution in [0, 0.1) is 5.92 Å². The summed E-state index contributed by atoms with van der Waals surface area (Å²) in [4.78, 5) is 27.9. The Labute approximate surface area is 127 Å². The van der Waals surface area contributed by atoms with Crippen molar-refractivity contribution < 1.29 is 14.7 Å². The summed E-state index contributed by atoms with van der Waals surface area (Å²) in [7, 11) is 2.06. The van der Waals surface area contributed by atoms with Crippen LogP contribution >= 0.6 is 0 Å². The van der Waals surface area contributed by atoms with Crippen LogP contribution in [0.1, 0.15) is 40.0 Å². The standard InChI is InChI=1S/C15H29N3O3/c1-5-11(3)13(14(19)20)16-15(21)18-9-7-8-17(4)10-12(18)6-2/h11-13H,5-10H2,1-4H3,(H,16,21)(H,19,20)/t11-,12?,13-/m0/s1. The zero-order chi connectivity index (χ0) is 16.0. The van der Waals surface area contributed by atoms with E-state index < -0.39 is 12.0 Å². The predicted molar refractivity (Wildman–Crippen MR) is 82.3 cm³/mol. The van der Waals surface area contributed by atoms with Crippen LogP contribution in [0.3, 0.4) is 0 Å². The lowest BCUT2D eigenvalue weighted by Gasteiger charge is -2.32. The number of amides is 2. The molecule has 21 heavy (non-hydrogen) atoms. The highest BCUT2D eigenvalue weighted by atomic mass is 16.4. The number of rotatable bonds is 5. The third kappa shape index (κ3) is 4.88. The van der Waals surface area contributed by atoms with E-state index in [1.807, 2.05) is 18.7 Å². The van der Waals surface area contributed by atoms with Gasteiger partial charge in [-0.15, -0.1) is 0 Å². The van der Waals surface area contributed by atoms with Crippen molar-refractivity contribution in [2.45, 2.75) is 52.1 Å². The number of hydrogen-bond donors (Lipinski definition) is 2. The number of urea groups is 1. The second kappa shape index (κ2) is 8.22. The fourth-order valence-electron chi connectivity index (χ4n) is 2.76. The van der Waals surface area contributed by atoms with Gasteiger partial charge in [-0.2, -0.15) is 0 Å². The number of nitrogens with zero attached hydrogens (tertiary/aromatic N) is 2. The molecule has 2 amide bonds. The average molecular weight is 299 g/mol. The molecule has 1 rings (SSSR count). The SMILES string of the molecule is CCC1CN(C)CCCN1C(=O)N[C@H](C(=O)O)[C@@H](C)CC. The molecule has 0 saturated carbocycles. The fourth-order valence-corrected chi connectivity index (χ4v) is 2.76. The summed E-state index contributed by atoms with van der Waals surface area (Å²) >= 11 is 0. The van der Waals surface area contributed by atoms with Gasteiger partial charge in [-0.05, 0) is 32.4 Å². The van der Waals surface area contributed by atoms with Gasteiger partial charge in [0.15, 0.2) is 0 Å². The van der Waals surface area contributed by atoms with Gasteiger partial charge < -0.3 is 20.2 Å². The normalized spacial score (nSPS) is 23.2. The van der Waals surface area contributed by atoms with E-state index in [1.54, 1.807) is 0 Å². The Bertz CT molecular complexity index is 362. The maximum absolute atomic E-state index is 12.5. The first-order chi connectivity index (χ1) is 9.90. The molecule has 0 aromatic carbocycles. The zero-order valence-corrected chi connectivity index (χ0v) is 13.6. The fraction of sp³-hybridized carbons (Fsp3) is 0.867. The summed E-state index contributed by atoms with van der Waals surface area (Å²) in [6.07, 6.45) is 2.51. The third-order valence-corrected chi connectivity index (χ3v) is 4.39. The van der Waals surface area contributed by atoms with Crippen molar-refractivity contribution in [1.82, 2.24) is 15.1 Å². The van der Waals surface area contributed by atoms with Crippen molar-refractivity contribution in [2.24, 2.45) is 5.92 Å². The topological polar surface area (TPSA) is 72.9 Å². The number of hydrogen-bond acceptors (Lipinski definition) is 3. The maximum Gasteiger partial charge on any atom is 0.326 e. The van der Waals surface area contributed by atoms with E-state index in [9.17, 15) is 14.7 Å². The first-order valence-electron chi connectivity index (χ1n) is 7.89. The van der Waals surface area contributed by atoms with Crippen molar-refractivity contribution >= 4 is 12.0 Å². The molecule has 1 aliphatic heterocycles. The molecule has 0 aromatic heterocycles. The number of carboxylic acids is 1. The molecule has 6 heteroatoms. The number of likely N-dealkylation sites (N-methyl/N-ethyl adjacent to an activating group) is 1. The molecule has 0 aromatic rings. The molecule has 1 aliphatic rings. The summed E-state index contributed by atoms with van der Waals surface area (Å²) in [5, 5.41) is 12.0. The van der Waals surface area contributed by atoms with Crippen molar-refractivity contribution in [3.05, 3.63) is 0 Å². The van der Waals surface area contributed by atoms with Gasteiger partial charge in [0, 0.05) is 19.1 Å². The van der Waals surface area contributed by atoms with Gasteiger partial charge in [0.2, 0.25) is 0 Å². The minimum Gasteiger partial charge on any atom is -0.480 e. The van der Waals surface area contributed by atoms with Crippen LogP contribution in [-0.4, -0.2) is 65.7 Å². The van der Waals surface area contributed by atoms with Crippen molar-refractivity contribution in [1.29, 1.82) is 0 Å². The van der Waals surface area contributed by atoms with Crippen LogP contribution in [-0.2, 0) is 4.79 Å². The van der Waals surface area contributed by atoms with Crippen molar-refractivity contribution in [3.8, 4) is 0 Å². The van der Waals surface area contributed by atoms with Gasteiger partial charge >= 0.3 is 12.0 Å². The van der Waals surface area contributed by atoms with Crippen LogP contribution in [0.4, 0.5) is 4.79 Å². The molecule has 0 spiro atoms. The lowest BCUT2D eigenvalue weighted by Crippen LogP contribution is -2.54. The van der Waals surface area contributed by atoms with Gasteiger partial charge in [0.25, 0.3) is 0 Å². The maximum atomic E-state index is 12.5. The monoisotopic (exact) mass is 299 g/mol. The molecule has 0 radical (unpaired) electrons. The number of aliphatic carboxylic acids is 1. The average Bonchev–Trinajstić information content (AvgIpc) is 2.64. The molecule has 1 saturated heterocycles. The van der Waals surface area contributed by atoms with E-state index in [-0.39, 0.29) is 18.0 Å². The van der Waals surface area contributed by atoms with Crippen LogP contribution in [0.25, 0.3) is 0 Å². The number of nitrogens with one attached hydrogen (secondary N) is 1. The van der Waals surface area contributed by atoms with E-state index in [0.29, 0.717) is 6.54 Å². The zero-order valence-electron chi connectivity index (χ0n) is 13.6. The van der Waals surface area contributed by atoms with E-state index in [1.165, 1.54) is 0 Å². The Morgan fingerprint density at radius 2 is 2.00 bits per heavy atom. The van der Waals surface area contributed by atoms with Gasteiger partial charge in [-0.3, -0.25) is 0 Å². The highest BCUT2D eigenvalue weighted by Crippen LogP contribution is 2.14. The summed E-state index contributed by atoms with van der Waals surface area (Å²) in [6.45, 7) is 8.34. The van der Waals surface area contributed by atoms with Gasteiger partial charge in [-0.25, -0.2) is 9.59 Å². The lowest BCUT2D eigenvalue weighted by molar-refractivity contribution is -0.140. The molecule has 1 heterocycles. The minimum atomic E-state index is -0.960. The summed E-state index contributed by atoms with van der Waals surface area (Å²) < 4.78 is 0. The Kier molecular flexibility index (Phi) is 6.95. The first-order valence-corrected chi connectivity index (χ1v) is 7.89. The Hall–Kier alpha value is -1.30. The summed E-state index contributed by atoms with van der Waals surface area (Å²) in [5.74, 6) is -1.04. The Morgan fingerprint density at radius 1 is 1.33 bits per heavy atom. The number of carboxylic acid groups (broad SMARTS) is 1. The molecule has 122 valence electrons. The molecular formula is C15H29N3O3. The minimum absolute atomic E-state index is 0.0822. The smallest absolute Gasteiger partial charge is 0.326 e. The lowest BCUT2D eigenvalue weighted by atomic mass is 9.99. The highest BCUT2D eigenvalue weighted by Gasteiger charge is 2.31. The Balaban J connectivity index is 2.77. The second-order valence-electron chi connectivity index (χ2n) is 6.02. The molecule has 2 N–H and O–H groups in total. The van der Waals surface area contributed by atoms with Gasteiger partial charge in [0.1, 0.15) is 6.04 Å². The second-order valence-corrected chi connectivity index (χ2v) is 6.02. The van der Waals surface area contributed by atoms with Crippen LogP contribution in [0.15, 0.2) is 0 Å². The van der Waals surface area contributed by atoms with Gasteiger partial charge in [-0.1, -0.05) is 27.2 Å². The molecule has 6 nitrogen and oxygen atoms in total.